The second-order valence-electron chi connectivity index (χ2n) is 5.53. The van der Waals surface area contributed by atoms with Crippen molar-refractivity contribution in [1.82, 2.24) is 0 Å². The molecule has 0 saturated heterocycles. The van der Waals surface area contributed by atoms with Crippen molar-refractivity contribution in [2.75, 3.05) is 11.9 Å². The number of carbonyl (C=O) groups excluding carboxylic acids is 1. The highest BCUT2D eigenvalue weighted by Crippen LogP contribution is 2.30. The summed E-state index contributed by atoms with van der Waals surface area (Å²) >= 11 is 5.92. The van der Waals surface area contributed by atoms with Crippen LogP contribution in [0.4, 0.5) is 5.69 Å². The van der Waals surface area contributed by atoms with Gasteiger partial charge in [0.2, 0.25) is 5.91 Å². The number of carboxylic acids is 1. The molecule has 0 aliphatic heterocycles. The van der Waals surface area contributed by atoms with Crippen molar-refractivity contribution in [3.8, 4) is 5.75 Å². The molecule has 5 nitrogen and oxygen atoms in total. The van der Waals surface area contributed by atoms with Crippen LogP contribution in [0.5, 0.6) is 5.75 Å². The number of amides is 1. The fourth-order valence-corrected chi connectivity index (χ4v) is 2.15. The van der Waals surface area contributed by atoms with Gasteiger partial charge in [-0.15, -0.1) is 0 Å². The topological polar surface area (TPSA) is 75.6 Å². The van der Waals surface area contributed by atoms with E-state index in [9.17, 15) is 9.59 Å². The molecule has 116 valence electrons. The molecule has 0 spiro atoms. The third-order valence-electron chi connectivity index (χ3n) is 2.78. The zero-order chi connectivity index (χ0) is 16.0. The van der Waals surface area contributed by atoms with E-state index in [1.807, 2.05) is 6.92 Å². The highest BCUT2D eigenvalue weighted by atomic mass is 35.5. The Bertz CT molecular complexity index is 528. The second-order valence-corrected chi connectivity index (χ2v) is 5.97. The molecule has 0 saturated carbocycles. The number of carbonyl (C=O) groups is 2. The third kappa shape index (κ3) is 6.04. The molecule has 0 atom stereocenters. The molecule has 0 aliphatic carbocycles. The maximum absolute atomic E-state index is 12.1. The van der Waals surface area contributed by atoms with Gasteiger partial charge >= 0.3 is 5.97 Å². The summed E-state index contributed by atoms with van der Waals surface area (Å²) in [5.41, 5.74) is -0.138. The minimum atomic E-state index is -0.925. The zero-order valence-corrected chi connectivity index (χ0v) is 13.2. The molecular formula is C15H20ClNO4. The van der Waals surface area contributed by atoms with Crippen molar-refractivity contribution in [1.29, 1.82) is 0 Å². The highest BCUT2D eigenvalue weighted by Gasteiger charge is 2.25. The molecule has 1 aromatic rings. The van der Waals surface area contributed by atoms with Crippen LogP contribution >= 0.6 is 11.6 Å². The summed E-state index contributed by atoms with van der Waals surface area (Å²) in [5.74, 6) is -0.665. The van der Waals surface area contributed by atoms with Gasteiger partial charge in [-0.2, -0.15) is 0 Å². The molecule has 1 aromatic carbocycles. The smallest absolute Gasteiger partial charge is 0.303 e. The molecular weight excluding hydrogens is 294 g/mol. The van der Waals surface area contributed by atoms with Crippen molar-refractivity contribution >= 4 is 29.2 Å². The molecule has 0 aromatic heterocycles. The number of halogens is 1. The number of benzene rings is 1. The molecule has 0 aliphatic rings. The van der Waals surface area contributed by atoms with E-state index in [4.69, 9.17) is 21.4 Å². The molecule has 21 heavy (non-hydrogen) atoms. The van der Waals surface area contributed by atoms with E-state index >= 15 is 0 Å². The van der Waals surface area contributed by atoms with Crippen LogP contribution in [0.25, 0.3) is 0 Å². The molecule has 0 unspecified atom stereocenters. The Morgan fingerprint density at radius 3 is 2.57 bits per heavy atom. The van der Waals surface area contributed by atoms with E-state index in [0.717, 1.165) is 0 Å². The normalized spacial score (nSPS) is 11.0. The Morgan fingerprint density at radius 2 is 2.00 bits per heavy atom. The summed E-state index contributed by atoms with van der Waals surface area (Å²) in [6.45, 7) is 5.79. The summed E-state index contributed by atoms with van der Waals surface area (Å²) in [7, 11) is 0. The average molecular weight is 314 g/mol. The first-order chi connectivity index (χ1) is 9.73. The lowest BCUT2D eigenvalue weighted by molar-refractivity contribution is -0.139. The van der Waals surface area contributed by atoms with Gasteiger partial charge in [0.1, 0.15) is 5.75 Å². The van der Waals surface area contributed by atoms with Gasteiger partial charge in [-0.05, 0) is 30.5 Å². The van der Waals surface area contributed by atoms with Gasteiger partial charge in [-0.3, -0.25) is 9.59 Å². The van der Waals surface area contributed by atoms with E-state index in [0.29, 0.717) is 23.1 Å². The predicted octanol–water partition coefficient (Wildman–Crippen LogP) is 3.57. The van der Waals surface area contributed by atoms with Crippen molar-refractivity contribution in [2.24, 2.45) is 5.41 Å². The Labute approximate surface area is 129 Å². The molecule has 0 radical (unpaired) electrons. The monoisotopic (exact) mass is 313 g/mol. The quantitative estimate of drug-likeness (QED) is 0.807. The van der Waals surface area contributed by atoms with Gasteiger partial charge in [0.15, 0.2) is 0 Å². The van der Waals surface area contributed by atoms with Crippen LogP contribution in [0.1, 0.15) is 33.6 Å². The second kappa shape index (κ2) is 7.31. The SMILES string of the molecule is CCOc1ccc(Cl)cc1NC(=O)CC(C)(C)CC(=O)O. The van der Waals surface area contributed by atoms with Crippen molar-refractivity contribution in [2.45, 2.75) is 33.6 Å². The van der Waals surface area contributed by atoms with Crippen LogP contribution in [0.2, 0.25) is 5.02 Å². The molecule has 1 rings (SSSR count). The number of rotatable bonds is 7. The lowest BCUT2D eigenvalue weighted by Gasteiger charge is -2.22. The Hall–Kier alpha value is -1.75. The molecule has 2 N–H and O–H groups in total. The number of aliphatic carboxylic acids is 1. The van der Waals surface area contributed by atoms with Crippen LogP contribution in [0.3, 0.4) is 0 Å². The van der Waals surface area contributed by atoms with Gasteiger partial charge in [0.25, 0.3) is 0 Å². The number of carboxylic acid groups (broad SMARTS) is 1. The van der Waals surface area contributed by atoms with Gasteiger partial charge in [0.05, 0.1) is 18.7 Å². The maximum atomic E-state index is 12.1. The lowest BCUT2D eigenvalue weighted by atomic mass is 9.85. The Morgan fingerprint density at radius 1 is 1.33 bits per heavy atom. The first kappa shape index (κ1) is 17.3. The fraction of sp³-hybridized carbons (Fsp3) is 0.467. The third-order valence-corrected chi connectivity index (χ3v) is 3.02. The average Bonchev–Trinajstić information content (AvgIpc) is 2.30. The highest BCUT2D eigenvalue weighted by molar-refractivity contribution is 6.31. The molecule has 0 bridgehead atoms. The Kier molecular flexibility index (Phi) is 6.03. The minimum absolute atomic E-state index is 0.0751. The number of hydrogen-bond acceptors (Lipinski definition) is 3. The molecule has 1 amide bonds. The van der Waals surface area contributed by atoms with Crippen molar-refractivity contribution < 1.29 is 19.4 Å². The summed E-state index contributed by atoms with van der Waals surface area (Å²) in [4.78, 5) is 22.8. The van der Waals surface area contributed by atoms with Crippen LogP contribution in [-0.4, -0.2) is 23.6 Å². The van der Waals surface area contributed by atoms with Crippen LogP contribution in [0, 0.1) is 5.41 Å². The van der Waals surface area contributed by atoms with Crippen LogP contribution in [-0.2, 0) is 9.59 Å². The standard InChI is InChI=1S/C15H20ClNO4/c1-4-21-12-6-5-10(16)7-11(12)17-13(18)8-15(2,3)9-14(19)20/h5-7H,4,8-9H2,1-3H3,(H,17,18)(H,19,20). The number of anilines is 1. The van der Waals surface area contributed by atoms with Gasteiger partial charge in [-0.1, -0.05) is 25.4 Å². The first-order valence-electron chi connectivity index (χ1n) is 6.67. The Balaban J connectivity index is 2.78. The molecule has 0 heterocycles. The van der Waals surface area contributed by atoms with Crippen LogP contribution < -0.4 is 10.1 Å². The summed E-state index contributed by atoms with van der Waals surface area (Å²) in [6, 6.07) is 4.97. The molecule has 0 fully saturated rings. The maximum Gasteiger partial charge on any atom is 0.303 e. The fourth-order valence-electron chi connectivity index (χ4n) is 1.98. The lowest BCUT2D eigenvalue weighted by Crippen LogP contribution is -2.25. The van der Waals surface area contributed by atoms with Gasteiger partial charge in [-0.25, -0.2) is 0 Å². The van der Waals surface area contributed by atoms with E-state index in [1.54, 1.807) is 32.0 Å². The number of hydrogen-bond donors (Lipinski definition) is 2. The van der Waals surface area contributed by atoms with Crippen molar-refractivity contribution in [3.63, 3.8) is 0 Å². The molecule has 6 heteroatoms. The first-order valence-corrected chi connectivity index (χ1v) is 7.05. The van der Waals surface area contributed by atoms with E-state index in [1.165, 1.54) is 0 Å². The van der Waals surface area contributed by atoms with E-state index in [-0.39, 0.29) is 18.7 Å². The number of nitrogens with one attached hydrogen (secondary N) is 1. The predicted molar refractivity (Wildman–Crippen MR) is 81.9 cm³/mol. The van der Waals surface area contributed by atoms with Crippen LogP contribution in [0.15, 0.2) is 18.2 Å². The summed E-state index contributed by atoms with van der Waals surface area (Å²) in [6.07, 6.45) is 0.0195. The van der Waals surface area contributed by atoms with Gasteiger partial charge < -0.3 is 15.2 Å². The largest absolute Gasteiger partial charge is 0.492 e. The van der Waals surface area contributed by atoms with Gasteiger partial charge in [0, 0.05) is 11.4 Å². The summed E-state index contributed by atoms with van der Waals surface area (Å²) in [5, 5.41) is 12.0. The number of ether oxygens (including phenoxy) is 1. The minimum Gasteiger partial charge on any atom is -0.492 e. The van der Waals surface area contributed by atoms with Crippen molar-refractivity contribution in [3.05, 3.63) is 23.2 Å². The zero-order valence-electron chi connectivity index (χ0n) is 12.4. The van der Waals surface area contributed by atoms with E-state index in [2.05, 4.69) is 5.32 Å². The summed E-state index contributed by atoms with van der Waals surface area (Å²) < 4.78 is 5.42. The van der Waals surface area contributed by atoms with E-state index < -0.39 is 11.4 Å².